The normalized spacial score (nSPS) is 12.0. The van der Waals surface area contributed by atoms with E-state index in [1.54, 1.807) is 0 Å². The van der Waals surface area contributed by atoms with Crippen molar-refractivity contribution in [3.63, 3.8) is 0 Å². The Morgan fingerprint density at radius 1 is 1.27 bits per heavy atom. The van der Waals surface area contributed by atoms with Crippen LogP contribution in [0.15, 0.2) is 0 Å². The minimum Gasteiger partial charge on any atom is -0.382 e. The monoisotopic (exact) mass is 198 g/mol. The van der Waals surface area contributed by atoms with Crippen LogP contribution in [0.25, 0.3) is 0 Å². The van der Waals surface area contributed by atoms with Crippen LogP contribution in [-0.2, 0) is 4.74 Å². The molecular formula is C8H16Cl2O. The molecule has 0 bridgehead atoms. The van der Waals surface area contributed by atoms with E-state index in [9.17, 15) is 0 Å². The fourth-order valence-corrected chi connectivity index (χ4v) is 1.19. The Balaban J connectivity index is 3.51. The van der Waals surface area contributed by atoms with E-state index in [4.69, 9.17) is 27.9 Å². The highest BCUT2D eigenvalue weighted by atomic mass is 35.5. The van der Waals surface area contributed by atoms with E-state index in [0.717, 1.165) is 19.6 Å². The van der Waals surface area contributed by atoms with Gasteiger partial charge in [0, 0.05) is 25.0 Å². The van der Waals surface area contributed by atoms with Crippen molar-refractivity contribution in [2.24, 2.45) is 5.41 Å². The number of ether oxygens (including phenoxy) is 1. The molecule has 0 atom stereocenters. The Hall–Kier alpha value is 0.540. The van der Waals surface area contributed by atoms with Gasteiger partial charge in [-0.1, -0.05) is 6.92 Å². The molecule has 11 heavy (non-hydrogen) atoms. The van der Waals surface area contributed by atoms with Gasteiger partial charge in [0.2, 0.25) is 0 Å². The van der Waals surface area contributed by atoms with Gasteiger partial charge < -0.3 is 4.74 Å². The largest absolute Gasteiger partial charge is 0.382 e. The van der Waals surface area contributed by atoms with Gasteiger partial charge in [-0.15, -0.1) is 23.2 Å². The Morgan fingerprint density at radius 2 is 1.82 bits per heavy atom. The van der Waals surface area contributed by atoms with Crippen molar-refractivity contribution in [3.8, 4) is 0 Å². The average molecular weight is 199 g/mol. The zero-order valence-corrected chi connectivity index (χ0v) is 8.71. The molecule has 0 spiro atoms. The van der Waals surface area contributed by atoms with Crippen molar-refractivity contribution >= 4 is 23.2 Å². The van der Waals surface area contributed by atoms with Gasteiger partial charge in [0.05, 0.1) is 0 Å². The molecule has 0 heterocycles. The summed E-state index contributed by atoms with van der Waals surface area (Å²) in [4.78, 5) is 0. The van der Waals surface area contributed by atoms with Crippen LogP contribution in [0.4, 0.5) is 0 Å². The lowest BCUT2D eigenvalue weighted by molar-refractivity contribution is 0.121. The fraction of sp³-hybridized carbons (Fsp3) is 1.00. The molecule has 0 aromatic heterocycles. The predicted octanol–water partition coefficient (Wildman–Crippen LogP) is 2.90. The summed E-state index contributed by atoms with van der Waals surface area (Å²) in [6, 6.07) is 0. The smallest absolute Gasteiger partial charge is 0.0471 e. The summed E-state index contributed by atoms with van der Waals surface area (Å²) in [7, 11) is 0. The fourth-order valence-electron chi connectivity index (χ4n) is 0.632. The second-order valence-electron chi connectivity index (χ2n) is 3.02. The van der Waals surface area contributed by atoms with Gasteiger partial charge in [-0.2, -0.15) is 0 Å². The lowest BCUT2D eigenvalue weighted by Gasteiger charge is -2.23. The molecule has 0 aliphatic heterocycles. The maximum atomic E-state index is 5.75. The highest BCUT2D eigenvalue weighted by Crippen LogP contribution is 2.24. The molecule has 0 aliphatic rings. The maximum Gasteiger partial charge on any atom is 0.0471 e. The molecular weight excluding hydrogens is 183 g/mol. The van der Waals surface area contributed by atoms with Crippen LogP contribution in [-0.4, -0.2) is 25.0 Å². The molecule has 1 nitrogen and oxygen atoms in total. The quantitative estimate of drug-likeness (QED) is 0.472. The topological polar surface area (TPSA) is 9.23 Å². The number of hydrogen-bond acceptors (Lipinski definition) is 1. The minimum absolute atomic E-state index is 0.0400. The van der Waals surface area contributed by atoms with Crippen molar-refractivity contribution in [1.82, 2.24) is 0 Å². The van der Waals surface area contributed by atoms with Crippen LogP contribution in [0.5, 0.6) is 0 Å². The molecule has 0 saturated heterocycles. The standard InChI is InChI=1S/C8H16Cl2O/c1-3-11-5-4-8(2,6-9)7-10/h3-7H2,1-2H3. The first-order valence-corrected chi connectivity index (χ1v) is 4.95. The molecule has 0 aromatic carbocycles. The molecule has 0 rings (SSSR count). The van der Waals surface area contributed by atoms with Crippen LogP contribution in [0.1, 0.15) is 20.3 Å². The second kappa shape index (κ2) is 6.10. The van der Waals surface area contributed by atoms with Crippen molar-refractivity contribution in [3.05, 3.63) is 0 Å². The predicted molar refractivity (Wildman–Crippen MR) is 50.7 cm³/mol. The Labute approximate surface area is 79.0 Å². The van der Waals surface area contributed by atoms with E-state index < -0.39 is 0 Å². The van der Waals surface area contributed by atoms with E-state index in [1.807, 2.05) is 6.92 Å². The molecule has 68 valence electrons. The molecule has 0 saturated carbocycles. The van der Waals surface area contributed by atoms with E-state index in [2.05, 4.69) is 6.92 Å². The zero-order valence-electron chi connectivity index (χ0n) is 7.20. The Morgan fingerprint density at radius 3 is 2.18 bits per heavy atom. The number of rotatable bonds is 6. The Kier molecular flexibility index (Phi) is 6.40. The molecule has 0 fully saturated rings. The van der Waals surface area contributed by atoms with Crippen molar-refractivity contribution in [2.75, 3.05) is 25.0 Å². The highest BCUT2D eigenvalue weighted by Gasteiger charge is 2.21. The molecule has 0 radical (unpaired) electrons. The summed E-state index contributed by atoms with van der Waals surface area (Å²) in [6.45, 7) is 5.58. The number of alkyl halides is 2. The van der Waals surface area contributed by atoms with Gasteiger partial charge in [0.25, 0.3) is 0 Å². The van der Waals surface area contributed by atoms with E-state index >= 15 is 0 Å². The zero-order chi connectivity index (χ0) is 8.74. The van der Waals surface area contributed by atoms with Gasteiger partial charge in [-0.3, -0.25) is 0 Å². The molecule has 0 unspecified atom stereocenters. The Bertz CT molecular complexity index is 92.1. The SMILES string of the molecule is CCOCCC(C)(CCl)CCl. The van der Waals surface area contributed by atoms with Gasteiger partial charge in [0.15, 0.2) is 0 Å². The van der Waals surface area contributed by atoms with Crippen molar-refractivity contribution < 1.29 is 4.74 Å². The molecule has 0 aromatic rings. The van der Waals surface area contributed by atoms with E-state index in [1.165, 1.54) is 0 Å². The summed E-state index contributed by atoms with van der Waals surface area (Å²) >= 11 is 11.5. The average Bonchev–Trinajstić information content (AvgIpc) is 2.05. The summed E-state index contributed by atoms with van der Waals surface area (Å²) in [5.41, 5.74) is 0.0400. The van der Waals surface area contributed by atoms with Crippen LogP contribution >= 0.6 is 23.2 Å². The van der Waals surface area contributed by atoms with Crippen LogP contribution in [0.2, 0.25) is 0 Å². The molecule has 0 N–H and O–H groups in total. The lowest BCUT2D eigenvalue weighted by atomic mass is 9.92. The van der Waals surface area contributed by atoms with E-state index in [-0.39, 0.29) is 5.41 Å². The van der Waals surface area contributed by atoms with Crippen LogP contribution < -0.4 is 0 Å². The van der Waals surface area contributed by atoms with E-state index in [0.29, 0.717) is 11.8 Å². The third-order valence-corrected chi connectivity index (χ3v) is 2.99. The van der Waals surface area contributed by atoms with Crippen molar-refractivity contribution in [1.29, 1.82) is 0 Å². The van der Waals surface area contributed by atoms with Gasteiger partial charge in [-0.25, -0.2) is 0 Å². The maximum absolute atomic E-state index is 5.75. The minimum atomic E-state index is 0.0400. The summed E-state index contributed by atoms with van der Waals surface area (Å²) in [6.07, 6.45) is 0.938. The van der Waals surface area contributed by atoms with Crippen LogP contribution in [0.3, 0.4) is 0 Å². The summed E-state index contributed by atoms with van der Waals surface area (Å²) < 4.78 is 5.22. The highest BCUT2D eigenvalue weighted by molar-refractivity contribution is 6.21. The summed E-state index contributed by atoms with van der Waals surface area (Å²) in [5.74, 6) is 1.20. The second-order valence-corrected chi connectivity index (χ2v) is 3.56. The summed E-state index contributed by atoms with van der Waals surface area (Å²) in [5, 5.41) is 0. The number of hydrogen-bond donors (Lipinski definition) is 0. The third-order valence-electron chi connectivity index (χ3n) is 1.70. The molecule has 0 aliphatic carbocycles. The first kappa shape index (κ1) is 11.5. The first-order valence-electron chi connectivity index (χ1n) is 3.88. The molecule has 0 amide bonds. The van der Waals surface area contributed by atoms with Crippen LogP contribution in [0, 0.1) is 5.41 Å². The molecule has 3 heteroatoms. The van der Waals surface area contributed by atoms with Gasteiger partial charge in [0.1, 0.15) is 0 Å². The van der Waals surface area contributed by atoms with Crippen molar-refractivity contribution in [2.45, 2.75) is 20.3 Å². The van der Waals surface area contributed by atoms with Gasteiger partial charge >= 0.3 is 0 Å². The first-order chi connectivity index (χ1) is 5.18. The number of halogens is 2. The van der Waals surface area contributed by atoms with Gasteiger partial charge in [-0.05, 0) is 18.8 Å². The third kappa shape index (κ3) is 4.89. The lowest BCUT2D eigenvalue weighted by Crippen LogP contribution is -2.22.